The molecule has 0 saturated carbocycles. The molecule has 0 aromatic heterocycles. The van der Waals surface area contributed by atoms with Crippen LogP contribution in [0, 0.1) is 0 Å². The Morgan fingerprint density at radius 3 is 2.38 bits per heavy atom. The number of carbonyl (C=O) groups is 1. The molecule has 1 fully saturated rings. The van der Waals surface area contributed by atoms with Gasteiger partial charge in [0.05, 0.1) is 28.8 Å². The highest BCUT2D eigenvalue weighted by Crippen LogP contribution is 2.25. The number of rotatable bonds is 5. The topological polar surface area (TPSA) is 48.0 Å². The van der Waals surface area contributed by atoms with Crippen molar-refractivity contribution < 1.29 is 19.0 Å². The van der Waals surface area contributed by atoms with Gasteiger partial charge < -0.3 is 19.1 Å². The summed E-state index contributed by atoms with van der Waals surface area (Å²) < 4.78 is 17.2. The van der Waals surface area contributed by atoms with E-state index in [0.29, 0.717) is 19.7 Å². The Kier molecular flexibility index (Phi) is 6.74. The number of amides is 1. The third kappa shape index (κ3) is 5.90. The van der Waals surface area contributed by atoms with Gasteiger partial charge in [0.15, 0.2) is 0 Å². The van der Waals surface area contributed by atoms with Crippen LogP contribution in [0.15, 0.2) is 0 Å². The lowest BCUT2D eigenvalue weighted by molar-refractivity contribution is -0.0830. The molecule has 1 amide bonds. The van der Waals surface area contributed by atoms with E-state index < -0.39 is 5.60 Å². The normalized spacial score (nSPS) is 25.8. The van der Waals surface area contributed by atoms with Crippen molar-refractivity contribution in [3.8, 4) is 0 Å². The predicted molar refractivity (Wildman–Crippen MR) is 91.1 cm³/mol. The molecule has 21 heavy (non-hydrogen) atoms. The van der Waals surface area contributed by atoms with E-state index in [1.54, 1.807) is 12.0 Å². The molecular formula is C15H28INO4. The van der Waals surface area contributed by atoms with Crippen LogP contribution >= 0.6 is 22.6 Å². The quantitative estimate of drug-likeness (QED) is 0.513. The van der Waals surface area contributed by atoms with Crippen molar-refractivity contribution in [1.82, 2.24) is 4.90 Å². The predicted octanol–water partition coefficient (Wildman–Crippen LogP) is 3.24. The second-order valence-corrected chi connectivity index (χ2v) is 8.36. The van der Waals surface area contributed by atoms with Crippen LogP contribution in [-0.4, -0.2) is 59.0 Å². The van der Waals surface area contributed by atoms with Crippen molar-refractivity contribution >= 4 is 28.7 Å². The second-order valence-electron chi connectivity index (χ2n) is 6.76. The molecule has 0 radical (unpaired) electrons. The van der Waals surface area contributed by atoms with Crippen LogP contribution in [0.2, 0.25) is 0 Å². The molecule has 0 spiro atoms. The van der Waals surface area contributed by atoms with Crippen LogP contribution < -0.4 is 0 Å². The minimum Gasteiger partial charge on any atom is -0.444 e. The van der Waals surface area contributed by atoms with Gasteiger partial charge in [-0.1, -0.05) is 29.5 Å². The Morgan fingerprint density at radius 1 is 1.29 bits per heavy atom. The zero-order valence-electron chi connectivity index (χ0n) is 13.9. The molecular weight excluding hydrogens is 385 g/mol. The molecule has 1 aliphatic heterocycles. The van der Waals surface area contributed by atoms with Crippen molar-refractivity contribution in [1.29, 1.82) is 0 Å². The fraction of sp³-hybridized carbons (Fsp3) is 0.933. The highest BCUT2D eigenvalue weighted by atomic mass is 127. The maximum absolute atomic E-state index is 12.1. The number of hydrogen-bond donors (Lipinski definition) is 0. The first-order valence-electron chi connectivity index (χ1n) is 7.39. The van der Waals surface area contributed by atoms with Gasteiger partial charge in [0.25, 0.3) is 0 Å². The van der Waals surface area contributed by atoms with E-state index in [4.69, 9.17) is 14.2 Å². The van der Waals surface area contributed by atoms with Crippen molar-refractivity contribution in [2.24, 2.45) is 0 Å². The Morgan fingerprint density at radius 2 is 1.90 bits per heavy atom. The molecule has 0 aliphatic carbocycles. The Labute approximate surface area is 141 Å². The van der Waals surface area contributed by atoms with E-state index in [1.807, 2.05) is 27.7 Å². The number of ether oxygens (including phenoxy) is 3. The van der Waals surface area contributed by atoms with E-state index in [9.17, 15) is 4.79 Å². The first-order valence-corrected chi connectivity index (χ1v) is 8.63. The maximum atomic E-state index is 12.1. The summed E-state index contributed by atoms with van der Waals surface area (Å²) in [5.74, 6) is 0. The van der Waals surface area contributed by atoms with Crippen molar-refractivity contribution in [3.05, 3.63) is 0 Å². The summed E-state index contributed by atoms with van der Waals surface area (Å²) in [5, 5.41) is 0. The molecule has 1 aliphatic rings. The van der Waals surface area contributed by atoms with Crippen molar-refractivity contribution in [3.63, 3.8) is 0 Å². The van der Waals surface area contributed by atoms with Crippen LogP contribution in [0.4, 0.5) is 4.79 Å². The van der Waals surface area contributed by atoms with Gasteiger partial charge in [-0.3, -0.25) is 0 Å². The van der Waals surface area contributed by atoms with Crippen LogP contribution in [0.1, 0.15) is 41.0 Å². The summed E-state index contributed by atoms with van der Waals surface area (Å²) >= 11 is 2.34. The Bertz CT molecular complexity index is 352. The average molecular weight is 413 g/mol. The van der Waals surface area contributed by atoms with Crippen LogP contribution in [0.5, 0.6) is 0 Å². The number of likely N-dealkylation sites (tertiary alicyclic amines) is 1. The van der Waals surface area contributed by atoms with Crippen LogP contribution in [-0.2, 0) is 14.2 Å². The highest BCUT2D eigenvalue weighted by molar-refractivity contribution is 14.1. The van der Waals surface area contributed by atoms with Gasteiger partial charge in [-0.2, -0.15) is 0 Å². The molecule has 5 nitrogen and oxygen atoms in total. The van der Waals surface area contributed by atoms with E-state index in [0.717, 1.165) is 6.42 Å². The molecule has 1 rings (SSSR count). The fourth-order valence-electron chi connectivity index (χ4n) is 1.96. The number of hydrogen-bond acceptors (Lipinski definition) is 4. The SMILES string of the molecule is CCC(C)(COC1CN(C(=O)OC(C)(C)C)CC1I)OC. The molecule has 0 bridgehead atoms. The van der Waals surface area contributed by atoms with Gasteiger partial charge >= 0.3 is 6.09 Å². The van der Waals surface area contributed by atoms with Crippen molar-refractivity contribution in [2.45, 2.75) is 62.3 Å². The summed E-state index contributed by atoms with van der Waals surface area (Å²) in [6.07, 6.45) is 0.650. The number of carbonyl (C=O) groups excluding carboxylic acids is 1. The van der Waals surface area contributed by atoms with Gasteiger partial charge in [-0.15, -0.1) is 0 Å². The standard InChI is InChI=1S/C15H28INO4/c1-7-15(5,19-6)10-20-12-9-17(8-11(12)16)13(18)21-14(2,3)4/h11-12H,7-10H2,1-6H3. The maximum Gasteiger partial charge on any atom is 0.410 e. The zero-order chi connectivity index (χ0) is 16.3. The van der Waals surface area contributed by atoms with E-state index in [1.165, 1.54) is 0 Å². The molecule has 3 atom stereocenters. The second kappa shape index (κ2) is 7.46. The molecule has 0 N–H and O–H groups in total. The Balaban J connectivity index is 2.51. The largest absolute Gasteiger partial charge is 0.444 e. The van der Waals surface area contributed by atoms with Crippen LogP contribution in [0.3, 0.4) is 0 Å². The first-order chi connectivity index (χ1) is 9.60. The average Bonchev–Trinajstić information content (AvgIpc) is 2.76. The monoisotopic (exact) mass is 413 g/mol. The smallest absolute Gasteiger partial charge is 0.410 e. The third-order valence-corrected chi connectivity index (χ3v) is 4.89. The number of methoxy groups -OCH3 is 1. The first kappa shape index (κ1) is 19.0. The van der Waals surface area contributed by atoms with Gasteiger partial charge in [-0.05, 0) is 34.1 Å². The highest BCUT2D eigenvalue weighted by Gasteiger charge is 2.37. The van der Waals surface area contributed by atoms with Gasteiger partial charge in [-0.25, -0.2) is 4.79 Å². The molecule has 6 heteroatoms. The summed E-state index contributed by atoms with van der Waals surface area (Å²) in [6, 6.07) is 0. The summed E-state index contributed by atoms with van der Waals surface area (Å²) in [5.41, 5.74) is -0.733. The van der Waals surface area contributed by atoms with Crippen molar-refractivity contribution in [2.75, 3.05) is 26.8 Å². The fourth-order valence-corrected chi connectivity index (χ4v) is 2.87. The zero-order valence-corrected chi connectivity index (χ0v) is 16.1. The number of nitrogens with zero attached hydrogens (tertiary/aromatic N) is 1. The molecule has 124 valence electrons. The minimum absolute atomic E-state index is 0.0270. The van der Waals surface area contributed by atoms with Gasteiger partial charge in [0.1, 0.15) is 5.60 Å². The summed E-state index contributed by atoms with van der Waals surface area (Å²) in [4.78, 5) is 13.8. The molecule has 1 saturated heterocycles. The molecule has 3 unspecified atom stereocenters. The Hall–Kier alpha value is -0.0800. The molecule has 1 heterocycles. The third-order valence-electron chi connectivity index (χ3n) is 3.69. The lowest BCUT2D eigenvalue weighted by atomic mass is 10.1. The number of alkyl halides is 1. The molecule has 0 aromatic rings. The molecule has 0 aromatic carbocycles. The minimum atomic E-state index is -0.465. The van der Waals surface area contributed by atoms with Gasteiger partial charge in [0, 0.05) is 13.7 Å². The van der Waals surface area contributed by atoms with Crippen LogP contribution in [0.25, 0.3) is 0 Å². The lowest BCUT2D eigenvalue weighted by Gasteiger charge is -2.28. The van der Waals surface area contributed by atoms with E-state index in [-0.39, 0.29) is 21.7 Å². The summed E-state index contributed by atoms with van der Waals surface area (Å²) in [7, 11) is 1.70. The van der Waals surface area contributed by atoms with E-state index >= 15 is 0 Å². The summed E-state index contributed by atoms with van der Waals surface area (Å²) in [6.45, 7) is 11.5. The lowest BCUT2D eigenvalue weighted by Crippen LogP contribution is -2.38. The number of halogens is 1. The van der Waals surface area contributed by atoms with E-state index in [2.05, 4.69) is 29.5 Å². The van der Waals surface area contributed by atoms with Gasteiger partial charge in [0.2, 0.25) is 0 Å².